The van der Waals surface area contributed by atoms with Crippen LogP contribution >= 0.6 is 11.6 Å². The number of rotatable bonds is 8. The molecule has 36 heavy (non-hydrogen) atoms. The lowest BCUT2D eigenvalue weighted by molar-refractivity contribution is -0.274. The lowest BCUT2D eigenvalue weighted by Gasteiger charge is -2.10. The fraction of sp³-hybridized carbons (Fsp3) is 0.130. The van der Waals surface area contributed by atoms with E-state index in [0.717, 1.165) is 18.2 Å². The van der Waals surface area contributed by atoms with Crippen LogP contribution in [0, 0.1) is 0 Å². The van der Waals surface area contributed by atoms with E-state index in [1.807, 2.05) is 0 Å². The minimum Gasteiger partial charge on any atom is -0.484 e. The molecule has 0 aliphatic rings. The monoisotopic (exact) mass is 526 g/mol. The number of hydrogen-bond acceptors (Lipinski definition) is 5. The normalized spacial score (nSPS) is 11.5. The first-order valence-electron chi connectivity index (χ1n) is 10.2. The van der Waals surface area contributed by atoms with Crippen molar-refractivity contribution in [3.63, 3.8) is 0 Å². The molecule has 0 fully saturated rings. The maximum absolute atomic E-state index is 12.9. The van der Waals surface area contributed by atoms with E-state index in [2.05, 4.69) is 25.3 Å². The second-order valence-electron chi connectivity index (χ2n) is 7.34. The highest BCUT2D eigenvalue weighted by Crippen LogP contribution is 2.29. The van der Waals surface area contributed by atoms with Crippen molar-refractivity contribution in [1.82, 2.24) is 9.97 Å². The number of nitrogens with zero attached hydrogens (tertiary/aromatic N) is 1. The van der Waals surface area contributed by atoms with Crippen LogP contribution in [0.5, 0.6) is 11.5 Å². The Kier molecular flexibility index (Phi) is 7.15. The highest BCUT2D eigenvalue weighted by molar-refractivity contribution is 6.33. The SMILES string of the molecule is O=C(COc1ccc2nc(Nc3ccc(OC(F)(F)F)cc3)[nH]c2c1)Nc1cc(C(F)F)ccc1Cl. The molecule has 0 atom stereocenters. The van der Waals surface area contributed by atoms with Crippen LogP contribution in [-0.2, 0) is 4.79 Å². The Labute approximate surface area is 205 Å². The Morgan fingerprint density at radius 2 is 1.75 bits per heavy atom. The molecule has 0 radical (unpaired) electrons. The number of halogens is 6. The molecule has 4 rings (SSSR count). The highest BCUT2D eigenvalue weighted by atomic mass is 35.5. The molecule has 0 unspecified atom stereocenters. The number of hydrogen-bond donors (Lipinski definition) is 3. The van der Waals surface area contributed by atoms with E-state index >= 15 is 0 Å². The van der Waals surface area contributed by atoms with Gasteiger partial charge in [0.1, 0.15) is 11.5 Å². The summed E-state index contributed by atoms with van der Waals surface area (Å²) in [5.74, 6) is -0.312. The van der Waals surface area contributed by atoms with E-state index < -0.39 is 25.3 Å². The molecule has 0 saturated carbocycles. The van der Waals surface area contributed by atoms with E-state index in [1.54, 1.807) is 18.2 Å². The number of nitrogens with one attached hydrogen (secondary N) is 3. The van der Waals surface area contributed by atoms with Crippen molar-refractivity contribution in [1.29, 1.82) is 0 Å². The third kappa shape index (κ3) is 6.54. The van der Waals surface area contributed by atoms with Gasteiger partial charge in [-0.2, -0.15) is 0 Å². The maximum Gasteiger partial charge on any atom is 0.573 e. The molecule has 0 aliphatic carbocycles. The molecular formula is C23H16ClF5N4O3. The standard InChI is InChI=1S/C23H16ClF5N4O3/c24-16-7-1-12(21(25)26)9-18(16)31-20(34)11-35-15-6-8-17-19(10-15)33-22(32-17)30-13-2-4-14(5-3-13)36-23(27,28)29/h1-10,21H,11H2,(H,31,34)(H2,30,32,33). The molecule has 13 heteroatoms. The Morgan fingerprint density at radius 3 is 2.44 bits per heavy atom. The van der Waals surface area contributed by atoms with E-state index in [0.29, 0.717) is 28.4 Å². The van der Waals surface area contributed by atoms with E-state index in [9.17, 15) is 26.7 Å². The van der Waals surface area contributed by atoms with Crippen molar-refractivity contribution < 1.29 is 36.2 Å². The molecular weight excluding hydrogens is 511 g/mol. The number of alkyl halides is 5. The zero-order valence-electron chi connectivity index (χ0n) is 18.0. The van der Waals surface area contributed by atoms with Crippen LogP contribution < -0.4 is 20.1 Å². The molecule has 1 heterocycles. The summed E-state index contributed by atoms with van der Waals surface area (Å²) in [5.41, 5.74) is 1.34. The van der Waals surface area contributed by atoms with Gasteiger partial charge in [-0.1, -0.05) is 17.7 Å². The molecule has 0 saturated heterocycles. The van der Waals surface area contributed by atoms with Crippen LogP contribution in [0.15, 0.2) is 60.7 Å². The van der Waals surface area contributed by atoms with Gasteiger partial charge in [-0.15, -0.1) is 13.2 Å². The fourth-order valence-electron chi connectivity index (χ4n) is 3.12. The minimum absolute atomic E-state index is 0.0424. The second-order valence-corrected chi connectivity index (χ2v) is 7.75. The number of fused-ring (bicyclic) bond motifs is 1. The zero-order valence-corrected chi connectivity index (χ0v) is 18.8. The van der Waals surface area contributed by atoms with Crippen LogP contribution in [0.3, 0.4) is 0 Å². The maximum atomic E-state index is 12.9. The van der Waals surface area contributed by atoms with Gasteiger partial charge in [-0.3, -0.25) is 4.79 Å². The summed E-state index contributed by atoms with van der Waals surface area (Å²) in [7, 11) is 0. The molecule has 7 nitrogen and oxygen atoms in total. The van der Waals surface area contributed by atoms with E-state index in [-0.39, 0.29) is 22.0 Å². The van der Waals surface area contributed by atoms with Crippen LogP contribution in [0.1, 0.15) is 12.0 Å². The van der Waals surface area contributed by atoms with Gasteiger partial charge in [0.05, 0.1) is 21.7 Å². The molecule has 1 amide bonds. The van der Waals surface area contributed by atoms with Crippen molar-refractivity contribution in [3.8, 4) is 11.5 Å². The average Bonchev–Trinajstić information content (AvgIpc) is 3.21. The fourth-order valence-corrected chi connectivity index (χ4v) is 3.29. The van der Waals surface area contributed by atoms with Crippen LogP contribution in [0.25, 0.3) is 11.0 Å². The Balaban J connectivity index is 1.37. The first kappa shape index (κ1) is 25.0. The molecule has 1 aromatic heterocycles. The molecule has 188 valence electrons. The number of carbonyl (C=O) groups is 1. The Bertz CT molecular complexity index is 1380. The van der Waals surface area contributed by atoms with Gasteiger partial charge in [-0.05, 0) is 48.5 Å². The number of amides is 1. The number of benzene rings is 3. The first-order chi connectivity index (χ1) is 17.1. The molecule has 4 aromatic rings. The second kappa shape index (κ2) is 10.3. The van der Waals surface area contributed by atoms with Gasteiger partial charge >= 0.3 is 6.36 Å². The van der Waals surface area contributed by atoms with Crippen LogP contribution in [-0.4, -0.2) is 28.8 Å². The molecule has 3 aromatic carbocycles. The van der Waals surface area contributed by atoms with Gasteiger partial charge in [-0.25, -0.2) is 13.8 Å². The summed E-state index contributed by atoms with van der Waals surface area (Å²) in [6.07, 6.45) is -7.49. The summed E-state index contributed by atoms with van der Waals surface area (Å²) < 4.78 is 71.9. The van der Waals surface area contributed by atoms with Crippen molar-refractivity contribution in [2.75, 3.05) is 17.2 Å². The van der Waals surface area contributed by atoms with Crippen molar-refractivity contribution >= 4 is 45.9 Å². The summed E-state index contributed by atoms with van der Waals surface area (Å²) in [5, 5.41) is 5.46. The van der Waals surface area contributed by atoms with Gasteiger partial charge < -0.3 is 25.1 Å². The molecule has 0 bridgehead atoms. The molecule has 0 aliphatic heterocycles. The average molecular weight is 527 g/mol. The topological polar surface area (TPSA) is 88.3 Å². The number of anilines is 3. The predicted molar refractivity (Wildman–Crippen MR) is 123 cm³/mol. The lowest BCUT2D eigenvalue weighted by Crippen LogP contribution is -2.20. The number of ether oxygens (including phenoxy) is 2. The van der Waals surface area contributed by atoms with Gasteiger partial charge in [0, 0.05) is 17.3 Å². The van der Waals surface area contributed by atoms with Crippen molar-refractivity contribution in [2.24, 2.45) is 0 Å². The summed E-state index contributed by atoms with van der Waals surface area (Å²) in [4.78, 5) is 19.5. The minimum atomic E-state index is -4.78. The number of aromatic amines is 1. The first-order valence-corrected chi connectivity index (χ1v) is 10.6. The van der Waals surface area contributed by atoms with Gasteiger partial charge in [0.15, 0.2) is 6.61 Å². The Morgan fingerprint density at radius 1 is 1.03 bits per heavy atom. The summed E-state index contributed by atoms with van der Waals surface area (Å²) in [6, 6.07) is 13.4. The highest BCUT2D eigenvalue weighted by Gasteiger charge is 2.31. The van der Waals surface area contributed by atoms with Crippen LogP contribution in [0.4, 0.5) is 39.3 Å². The largest absolute Gasteiger partial charge is 0.573 e. The summed E-state index contributed by atoms with van der Waals surface area (Å²) >= 11 is 5.95. The third-order valence-corrected chi connectivity index (χ3v) is 5.02. The number of imidazole rings is 1. The summed E-state index contributed by atoms with van der Waals surface area (Å²) in [6.45, 7) is -0.410. The third-order valence-electron chi connectivity index (χ3n) is 4.69. The zero-order chi connectivity index (χ0) is 25.9. The quantitative estimate of drug-likeness (QED) is 0.219. The van der Waals surface area contributed by atoms with Crippen LogP contribution in [0.2, 0.25) is 5.02 Å². The number of aromatic nitrogens is 2. The number of carbonyl (C=O) groups excluding carboxylic acids is 1. The van der Waals surface area contributed by atoms with Crippen molar-refractivity contribution in [2.45, 2.75) is 12.8 Å². The van der Waals surface area contributed by atoms with Crippen molar-refractivity contribution in [3.05, 3.63) is 71.2 Å². The van der Waals surface area contributed by atoms with Gasteiger partial charge in [0.25, 0.3) is 12.3 Å². The smallest absolute Gasteiger partial charge is 0.484 e. The molecule has 3 N–H and O–H groups in total. The van der Waals surface area contributed by atoms with Gasteiger partial charge in [0.2, 0.25) is 5.95 Å². The lowest BCUT2D eigenvalue weighted by atomic mass is 10.2. The Hall–Kier alpha value is -4.06. The molecule has 0 spiro atoms. The van der Waals surface area contributed by atoms with E-state index in [4.69, 9.17) is 16.3 Å². The van der Waals surface area contributed by atoms with E-state index in [1.165, 1.54) is 24.3 Å². The number of H-pyrrole nitrogens is 1. The predicted octanol–water partition coefficient (Wildman–Crippen LogP) is 6.81.